The summed E-state index contributed by atoms with van der Waals surface area (Å²) in [7, 11) is 1.45. The van der Waals surface area contributed by atoms with Gasteiger partial charge < -0.3 is 19.7 Å². The van der Waals surface area contributed by atoms with E-state index in [1.54, 1.807) is 6.08 Å². The summed E-state index contributed by atoms with van der Waals surface area (Å²) in [5.74, 6) is -1.65. The zero-order valence-electron chi connectivity index (χ0n) is 13.2. The van der Waals surface area contributed by atoms with Crippen molar-refractivity contribution in [3.63, 3.8) is 0 Å². The number of aliphatic hydroxyl groups excluding tert-OH is 1. The van der Waals surface area contributed by atoms with E-state index in [1.807, 2.05) is 0 Å². The first-order valence-electron chi connectivity index (χ1n) is 7.74. The Morgan fingerprint density at radius 1 is 1.36 bits per heavy atom. The van der Waals surface area contributed by atoms with E-state index in [9.17, 15) is 14.7 Å². The summed E-state index contributed by atoms with van der Waals surface area (Å²) in [6, 6.07) is 0. The van der Waals surface area contributed by atoms with Crippen molar-refractivity contribution in [3.05, 3.63) is 12.2 Å². The van der Waals surface area contributed by atoms with Crippen LogP contribution < -0.4 is 0 Å². The Balaban J connectivity index is 2.65. The molecule has 6 heteroatoms. The number of hydrogen-bond acceptors (Lipinski definition) is 5. The van der Waals surface area contributed by atoms with Gasteiger partial charge in [-0.05, 0) is 12.5 Å². The van der Waals surface area contributed by atoms with Crippen LogP contribution in [0.3, 0.4) is 0 Å². The van der Waals surface area contributed by atoms with Crippen LogP contribution in [-0.2, 0) is 19.1 Å². The molecule has 2 N–H and O–H groups in total. The maximum Gasteiger partial charge on any atom is 0.303 e. The van der Waals surface area contributed by atoms with Crippen LogP contribution in [0.2, 0.25) is 0 Å². The number of carbonyl (C=O) groups is 2. The van der Waals surface area contributed by atoms with Gasteiger partial charge in [-0.1, -0.05) is 25.8 Å². The highest BCUT2D eigenvalue weighted by Crippen LogP contribution is 2.27. The molecule has 6 nitrogen and oxygen atoms in total. The fourth-order valence-corrected chi connectivity index (χ4v) is 2.58. The Hall–Kier alpha value is -1.24. The number of aliphatic hydroxyl groups is 1. The molecule has 0 saturated carbocycles. The second kappa shape index (κ2) is 9.71. The maximum absolute atomic E-state index is 11.7. The molecule has 126 valence electrons. The van der Waals surface area contributed by atoms with Crippen molar-refractivity contribution in [2.45, 2.75) is 57.3 Å². The lowest BCUT2D eigenvalue weighted by Gasteiger charge is -2.38. The van der Waals surface area contributed by atoms with E-state index in [1.165, 1.54) is 13.2 Å². The fraction of sp³-hybridized carbons (Fsp3) is 0.750. The van der Waals surface area contributed by atoms with E-state index >= 15 is 0 Å². The molecule has 22 heavy (non-hydrogen) atoms. The number of unbranched alkanes of at least 4 members (excludes halogenated alkanes) is 2. The standard InChI is InChI=1S/C16H26O6/c1-3-4-5-6-11(17)7-8-13-12(9-15(18)19)16(20)14(21-2)10-22-13/h7-8,12-14,16,20H,3-6,9-10H2,1-2H3,(H,18,19)/t12-,13-,14+,16?/m0/s1. The Kier molecular flexibility index (Phi) is 8.30. The number of rotatable bonds is 9. The molecule has 0 amide bonds. The summed E-state index contributed by atoms with van der Waals surface area (Å²) in [6.07, 6.45) is 4.08. The third-order valence-electron chi connectivity index (χ3n) is 3.91. The van der Waals surface area contributed by atoms with Crippen molar-refractivity contribution in [2.24, 2.45) is 5.92 Å². The Bertz CT molecular complexity index is 392. The molecular weight excluding hydrogens is 288 g/mol. The number of allylic oxidation sites excluding steroid dienone is 1. The number of carboxylic acids is 1. The Morgan fingerprint density at radius 2 is 2.09 bits per heavy atom. The van der Waals surface area contributed by atoms with Gasteiger partial charge in [-0.15, -0.1) is 0 Å². The van der Waals surface area contributed by atoms with E-state index < -0.39 is 30.2 Å². The van der Waals surface area contributed by atoms with Crippen molar-refractivity contribution in [2.75, 3.05) is 13.7 Å². The van der Waals surface area contributed by atoms with Crippen LogP contribution in [0, 0.1) is 5.92 Å². The molecule has 0 aliphatic carbocycles. The number of aliphatic carboxylic acids is 1. The molecule has 4 atom stereocenters. The Labute approximate surface area is 131 Å². The van der Waals surface area contributed by atoms with E-state index in [4.69, 9.17) is 14.6 Å². The first-order chi connectivity index (χ1) is 10.5. The minimum Gasteiger partial charge on any atom is -0.481 e. The van der Waals surface area contributed by atoms with Crippen molar-refractivity contribution in [3.8, 4) is 0 Å². The lowest BCUT2D eigenvalue weighted by atomic mass is 9.86. The van der Waals surface area contributed by atoms with Gasteiger partial charge in [0.15, 0.2) is 5.78 Å². The number of methoxy groups -OCH3 is 1. The van der Waals surface area contributed by atoms with Crippen LogP contribution in [0.25, 0.3) is 0 Å². The van der Waals surface area contributed by atoms with E-state index in [0.717, 1.165) is 19.3 Å². The van der Waals surface area contributed by atoms with Gasteiger partial charge in [-0.3, -0.25) is 9.59 Å². The topological polar surface area (TPSA) is 93.1 Å². The van der Waals surface area contributed by atoms with Gasteiger partial charge in [-0.25, -0.2) is 0 Å². The summed E-state index contributed by atoms with van der Waals surface area (Å²) < 4.78 is 10.6. The zero-order valence-corrected chi connectivity index (χ0v) is 13.2. The molecule has 0 bridgehead atoms. The molecule has 1 heterocycles. The zero-order chi connectivity index (χ0) is 16.5. The largest absolute Gasteiger partial charge is 0.481 e. The van der Waals surface area contributed by atoms with Crippen LogP contribution >= 0.6 is 0 Å². The summed E-state index contributed by atoms with van der Waals surface area (Å²) in [4.78, 5) is 22.7. The molecule has 1 fully saturated rings. The second-order valence-corrected chi connectivity index (χ2v) is 5.61. The molecule has 1 rings (SSSR count). The molecule has 0 spiro atoms. The second-order valence-electron chi connectivity index (χ2n) is 5.61. The van der Waals surface area contributed by atoms with E-state index in [2.05, 4.69) is 6.92 Å². The molecular formula is C16H26O6. The van der Waals surface area contributed by atoms with Crippen molar-refractivity contribution < 1.29 is 29.3 Å². The van der Waals surface area contributed by atoms with Gasteiger partial charge in [0.25, 0.3) is 0 Å². The quantitative estimate of drug-likeness (QED) is 0.495. The molecule has 1 saturated heterocycles. The predicted molar refractivity (Wildman–Crippen MR) is 80.6 cm³/mol. The average Bonchev–Trinajstić information content (AvgIpc) is 2.48. The van der Waals surface area contributed by atoms with Crippen LogP contribution in [0.5, 0.6) is 0 Å². The molecule has 0 aromatic heterocycles. The number of hydrogen-bond donors (Lipinski definition) is 2. The van der Waals surface area contributed by atoms with Gasteiger partial charge >= 0.3 is 5.97 Å². The van der Waals surface area contributed by atoms with Crippen LogP contribution in [0.15, 0.2) is 12.2 Å². The normalized spacial score (nSPS) is 28.9. The summed E-state index contributed by atoms with van der Waals surface area (Å²) >= 11 is 0. The lowest BCUT2D eigenvalue weighted by Crippen LogP contribution is -2.50. The predicted octanol–water partition coefficient (Wildman–Crippen LogP) is 1.56. The minimum atomic E-state index is -1.02. The first-order valence-corrected chi connectivity index (χ1v) is 7.74. The minimum absolute atomic E-state index is 0.00511. The summed E-state index contributed by atoms with van der Waals surface area (Å²) in [5, 5.41) is 19.2. The summed E-state index contributed by atoms with van der Waals surface area (Å²) in [5.41, 5.74) is 0. The van der Waals surface area contributed by atoms with Crippen LogP contribution in [-0.4, -0.2) is 54.0 Å². The monoisotopic (exact) mass is 314 g/mol. The van der Waals surface area contributed by atoms with E-state index in [-0.39, 0.29) is 18.8 Å². The third-order valence-corrected chi connectivity index (χ3v) is 3.91. The van der Waals surface area contributed by atoms with Gasteiger partial charge in [0.2, 0.25) is 0 Å². The highest BCUT2D eigenvalue weighted by Gasteiger charge is 2.39. The van der Waals surface area contributed by atoms with Gasteiger partial charge in [0.1, 0.15) is 6.10 Å². The molecule has 0 aromatic carbocycles. The SMILES string of the molecule is CCCCCC(=O)C=C[C@@H]1OC[C@@H](OC)C(O)[C@H]1CC(=O)O. The van der Waals surface area contributed by atoms with Gasteiger partial charge in [-0.2, -0.15) is 0 Å². The number of ether oxygens (including phenoxy) is 2. The van der Waals surface area contributed by atoms with E-state index in [0.29, 0.717) is 6.42 Å². The Morgan fingerprint density at radius 3 is 2.68 bits per heavy atom. The number of ketones is 1. The average molecular weight is 314 g/mol. The highest BCUT2D eigenvalue weighted by molar-refractivity contribution is 5.89. The lowest BCUT2D eigenvalue weighted by molar-refractivity contribution is -0.166. The number of carboxylic acid groups (broad SMARTS) is 1. The molecule has 1 aliphatic rings. The van der Waals surface area contributed by atoms with Crippen molar-refractivity contribution >= 4 is 11.8 Å². The van der Waals surface area contributed by atoms with Gasteiger partial charge in [0.05, 0.1) is 25.2 Å². The van der Waals surface area contributed by atoms with Gasteiger partial charge in [0, 0.05) is 19.4 Å². The molecule has 0 radical (unpaired) electrons. The fourth-order valence-electron chi connectivity index (χ4n) is 2.58. The van der Waals surface area contributed by atoms with Crippen LogP contribution in [0.4, 0.5) is 0 Å². The molecule has 1 aliphatic heterocycles. The maximum atomic E-state index is 11.7. The van der Waals surface area contributed by atoms with Crippen molar-refractivity contribution in [1.82, 2.24) is 0 Å². The number of carbonyl (C=O) groups excluding carboxylic acids is 1. The van der Waals surface area contributed by atoms with Crippen LogP contribution in [0.1, 0.15) is 39.0 Å². The third kappa shape index (κ3) is 5.87. The van der Waals surface area contributed by atoms with Crippen molar-refractivity contribution in [1.29, 1.82) is 0 Å². The molecule has 0 aromatic rings. The highest BCUT2D eigenvalue weighted by atomic mass is 16.5. The smallest absolute Gasteiger partial charge is 0.303 e. The summed E-state index contributed by atoms with van der Waals surface area (Å²) in [6.45, 7) is 2.24. The molecule has 1 unspecified atom stereocenters. The first kappa shape index (κ1) is 18.8.